The number of amides is 1. The fourth-order valence-electron chi connectivity index (χ4n) is 2.72. The summed E-state index contributed by atoms with van der Waals surface area (Å²) < 4.78 is 0. The lowest BCUT2D eigenvalue weighted by Crippen LogP contribution is -2.49. The van der Waals surface area contributed by atoms with Crippen molar-refractivity contribution in [3.8, 4) is 11.8 Å². The highest BCUT2D eigenvalue weighted by Gasteiger charge is 2.32. The average Bonchev–Trinajstić information content (AvgIpc) is 3.29. The minimum atomic E-state index is -0.149. The van der Waals surface area contributed by atoms with Crippen LogP contribution in [0.25, 0.3) is 0 Å². The van der Waals surface area contributed by atoms with E-state index < -0.39 is 0 Å². The van der Waals surface area contributed by atoms with Crippen molar-refractivity contribution < 1.29 is 9.90 Å². The van der Waals surface area contributed by atoms with Gasteiger partial charge in [-0.1, -0.05) is 11.8 Å². The minimum absolute atomic E-state index is 0.121. The quantitative estimate of drug-likeness (QED) is 0.838. The minimum Gasteiger partial charge on any atom is -0.384 e. The van der Waals surface area contributed by atoms with Gasteiger partial charge in [0.25, 0.3) is 5.91 Å². The van der Waals surface area contributed by atoms with Gasteiger partial charge < -0.3 is 10.0 Å². The molecular formula is C16H20N2O2S. The zero-order chi connectivity index (χ0) is 14.8. The maximum absolute atomic E-state index is 12.6. The second kappa shape index (κ2) is 6.18. The third-order valence-corrected chi connectivity index (χ3v) is 5.21. The SMILES string of the molecule is Cc1cc(C(=O)N2CCN(C3CC3)CC2)sc1C#CCO. The van der Waals surface area contributed by atoms with Crippen molar-refractivity contribution >= 4 is 17.2 Å². The summed E-state index contributed by atoms with van der Waals surface area (Å²) in [4.78, 5) is 18.6. The van der Waals surface area contributed by atoms with E-state index in [4.69, 9.17) is 5.11 Å². The van der Waals surface area contributed by atoms with Crippen LogP contribution in [0.5, 0.6) is 0 Å². The first-order valence-corrected chi connectivity index (χ1v) is 8.24. The summed E-state index contributed by atoms with van der Waals surface area (Å²) in [5, 5.41) is 8.76. The molecule has 1 aliphatic carbocycles. The number of hydrogen-bond donors (Lipinski definition) is 1. The largest absolute Gasteiger partial charge is 0.384 e. The summed E-state index contributed by atoms with van der Waals surface area (Å²) in [6.07, 6.45) is 2.65. The van der Waals surface area contributed by atoms with Gasteiger partial charge in [0, 0.05) is 32.2 Å². The van der Waals surface area contributed by atoms with Crippen molar-refractivity contribution in [1.82, 2.24) is 9.80 Å². The van der Waals surface area contributed by atoms with E-state index in [1.165, 1.54) is 24.2 Å². The molecule has 5 heteroatoms. The molecule has 1 N–H and O–H groups in total. The Bertz CT molecular complexity index is 587. The molecule has 0 radical (unpaired) electrons. The molecule has 0 unspecified atom stereocenters. The van der Waals surface area contributed by atoms with Gasteiger partial charge in [0.2, 0.25) is 0 Å². The van der Waals surface area contributed by atoms with Gasteiger partial charge in [-0.15, -0.1) is 11.3 Å². The zero-order valence-corrected chi connectivity index (χ0v) is 13.1. The van der Waals surface area contributed by atoms with Gasteiger partial charge in [-0.3, -0.25) is 9.69 Å². The standard InChI is InChI=1S/C16H20N2O2S/c1-12-11-15(21-14(12)3-2-10-19)16(20)18-8-6-17(7-9-18)13-4-5-13/h11,13,19H,4-10H2,1H3. The van der Waals surface area contributed by atoms with Crippen molar-refractivity contribution in [3.63, 3.8) is 0 Å². The number of nitrogens with zero attached hydrogens (tertiary/aromatic N) is 2. The lowest BCUT2D eigenvalue weighted by molar-refractivity contribution is 0.0632. The van der Waals surface area contributed by atoms with Crippen LogP contribution in [0.4, 0.5) is 0 Å². The van der Waals surface area contributed by atoms with Gasteiger partial charge in [0.1, 0.15) is 6.61 Å². The number of aliphatic hydroxyl groups is 1. The van der Waals surface area contributed by atoms with Crippen LogP contribution in [0.2, 0.25) is 0 Å². The molecule has 1 saturated heterocycles. The number of piperazine rings is 1. The number of hydrogen-bond acceptors (Lipinski definition) is 4. The van der Waals surface area contributed by atoms with E-state index in [-0.39, 0.29) is 12.5 Å². The van der Waals surface area contributed by atoms with Crippen LogP contribution in [0.1, 0.15) is 33.0 Å². The molecule has 0 spiro atoms. The van der Waals surface area contributed by atoms with Crippen molar-refractivity contribution in [3.05, 3.63) is 21.4 Å². The van der Waals surface area contributed by atoms with Crippen LogP contribution in [0.3, 0.4) is 0 Å². The molecule has 4 nitrogen and oxygen atoms in total. The summed E-state index contributed by atoms with van der Waals surface area (Å²) >= 11 is 1.43. The normalized spacial score (nSPS) is 19.2. The summed E-state index contributed by atoms with van der Waals surface area (Å²) in [5.74, 6) is 5.68. The van der Waals surface area contributed by atoms with Crippen molar-refractivity contribution in [2.24, 2.45) is 0 Å². The Kier molecular flexibility index (Phi) is 4.29. The summed E-state index contributed by atoms with van der Waals surface area (Å²) in [5.41, 5.74) is 1.01. The predicted octanol–water partition coefficient (Wildman–Crippen LogP) is 1.32. The topological polar surface area (TPSA) is 43.8 Å². The number of carbonyl (C=O) groups excluding carboxylic acids is 1. The molecule has 1 amide bonds. The molecule has 0 atom stereocenters. The van der Waals surface area contributed by atoms with Crippen LogP contribution in [0.15, 0.2) is 6.07 Å². The van der Waals surface area contributed by atoms with E-state index in [1.807, 2.05) is 17.9 Å². The van der Waals surface area contributed by atoms with Crippen molar-refractivity contribution in [1.29, 1.82) is 0 Å². The zero-order valence-electron chi connectivity index (χ0n) is 12.3. The Morgan fingerprint density at radius 3 is 2.71 bits per heavy atom. The van der Waals surface area contributed by atoms with E-state index in [1.54, 1.807) is 0 Å². The highest BCUT2D eigenvalue weighted by Crippen LogP contribution is 2.28. The second-order valence-electron chi connectivity index (χ2n) is 5.64. The lowest BCUT2D eigenvalue weighted by Gasteiger charge is -2.34. The van der Waals surface area contributed by atoms with E-state index in [0.29, 0.717) is 0 Å². The van der Waals surface area contributed by atoms with Crippen molar-refractivity contribution in [2.75, 3.05) is 32.8 Å². The summed E-state index contributed by atoms with van der Waals surface area (Å²) in [6.45, 7) is 5.45. The Morgan fingerprint density at radius 1 is 1.38 bits per heavy atom. The van der Waals surface area contributed by atoms with Gasteiger partial charge >= 0.3 is 0 Å². The molecule has 1 aliphatic heterocycles. The summed E-state index contributed by atoms with van der Waals surface area (Å²) in [7, 11) is 0. The molecule has 21 heavy (non-hydrogen) atoms. The van der Waals surface area contributed by atoms with E-state index in [9.17, 15) is 4.79 Å². The Labute approximate surface area is 129 Å². The highest BCUT2D eigenvalue weighted by atomic mass is 32.1. The van der Waals surface area contributed by atoms with Gasteiger partial charge in [-0.05, 0) is 31.4 Å². The lowest BCUT2D eigenvalue weighted by atomic mass is 10.2. The first kappa shape index (κ1) is 14.6. The molecule has 1 saturated carbocycles. The number of aryl methyl sites for hydroxylation is 1. The molecular weight excluding hydrogens is 284 g/mol. The maximum atomic E-state index is 12.6. The molecule has 2 fully saturated rings. The molecule has 0 aromatic carbocycles. The van der Waals surface area contributed by atoms with Crippen LogP contribution in [-0.2, 0) is 0 Å². The third kappa shape index (κ3) is 3.29. The number of carbonyl (C=O) groups is 1. The fraction of sp³-hybridized carbons (Fsp3) is 0.562. The monoisotopic (exact) mass is 304 g/mol. The van der Waals surface area contributed by atoms with Crippen LogP contribution >= 0.6 is 11.3 Å². The number of thiophene rings is 1. The van der Waals surface area contributed by atoms with Crippen LogP contribution in [0, 0.1) is 18.8 Å². The second-order valence-corrected chi connectivity index (χ2v) is 6.69. The Morgan fingerprint density at radius 2 is 2.10 bits per heavy atom. The summed E-state index contributed by atoms with van der Waals surface area (Å²) in [6, 6.07) is 2.70. The Hall–Kier alpha value is -1.35. The smallest absolute Gasteiger partial charge is 0.264 e. The third-order valence-electron chi connectivity index (χ3n) is 4.07. The number of aliphatic hydroxyl groups excluding tert-OH is 1. The molecule has 1 aromatic rings. The van der Waals surface area contributed by atoms with E-state index in [2.05, 4.69) is 16.7 Å². The number of rotatable bonds is 2. The van der Waals surface area contributed by atoms with Gasteiger partial charge in [0.15, 0.2) is 0 Å². The molecule has 0 bridgehead atoms. The molecule has 2 aliphatic rings. The van der Waals surface area contributed by atoms with Gasteiger partial charge in [-0.2, -0.15) is 0 Å². The van der Waals surface area contributed by atoms with Crippen LogP contribution in [-0.4, -0.2) is 59.6 Å². The van der Waals surface area contributed by atoms with Gasteiger partial charge in [0.05, 0.1) is 9.75 Å². The highest BCUT2D eigenvalue weighted by molar-refractivity contribution is 7.14. The first-order chi connectivity index (χ1) is 10.2. The first-order valence-electron chi connectivity index (χ1n) is 7.42. The van der Waals surface area contributed by atoms with E-state index in [0.717, 1.165) is 47.5 Å². The van der Waals surface area contributed by atoms with E-state index >= 15 is 0 Å². The molecule has 1 aromatic heterocycles. The Balaban J connectivity index is 1.65. The van der Waals surface area contributed by atoms with Gasteiger partial charge in [-0.25, -0.2) is 0 Å². The fourth-order valence-corrected chi connectivity index (χ4v) is 3.73. The average molecular weight is 304 g/mol. The molecule has 2 heterocycles. The maximum Gasteiger partial charge on any atom is 0.264 e. The molecule has 3 rings (SSSR count). The predicted molar refractivity (Wildman–Crippen MR) is 83.5 cm³/mol. The van der Waals surface area contributed by atoms with Crippen LogP contribution < -0.4 is 0 Å². The van der Waals surface area contributed by atoms with Crippen molar-refractivity contribution in [2.45, 2.75) is 25.8 Å². The molecule has 112 valence electrons.